The minimum atomic E-state index is -3.98. The maximum Gasteiger partial charge on any atom is 0.472 e. The highest BCUT2D eigenvalue weighted by atomic mass is 31.2. The molecule has 0 fully saturated rings. The van der Waals surface area contributed by atoms with E-state index in [0.29, 0.717) is 0 Å². The quantitative estimate of drug-likeness (QED) is 0.646. The predicted octanol–water partition coefficient (Wildman–Crippen LogP) is 1.16. The lowest BCUT2D eigenvalue weighted by Crippen LogP contribution is -2.23. The lowest BCUT2D eigenvalue weighted by molar-refractivity contribution is 0.0405. The third-order valence-corrected chi connectivity index (χ3v) is 2.61. The molecule has 2 N–H and O–H groups in total. The molecule has 0 radical (unpaired) electrons. The molecule has 80 valence electrons. The standard InChI is InChI=1S/C7H17O5P/c1-4-11-13(9,10)12-7(5-8)6(2)3/h6-8H,4-5H2,1-3H3,(H,9,10). The van der Waals surface area contributed by atoms with Gasteiger partial charge < -0.3 is 10.00 Å². The van der Waals surface area contributed by atoms with Gasteiger partial charge >= 0.3 is 7.82 Å². The lowest BCUT2D eigenvalue weighted by Gasteiger charge is -2.21. The van der Waals surface area contributed by atoms with Crippen molar-refractivity contribution in [3.8, 4) is 0 Å². The van der Waals surface area contributed by atoms with Crippen LogP contribution in [0.5, 0.6) is 0 Å². The molecule has 2 unspecified atom stereocenters. The van der Waals surface area contributed by atoms with E-state index in [4.69, 9.17) is 14.5 Å². The van der Waals surface area contributed by atoms with Crippen molar-refractivity contribution in [3.63, 3.8) is 0 Å². The van der Waals surface area contributed by atoms with E-state index in [1.165, 1.54) is 0 Å². The SMILES string of the molecule is CCOP(=O)(O)OC(CO)C(C)C. The number of aliphatic hydroxyl groups excluding tert-OH is 1. The van der Waals surface area contributed by atoms with Crippen molar-refractivity contribution in [2.75, 3.05) is 13.2 Å². The van der Waals surface area contributed by atoms with Crippen LogP contribution in [0.3, 0.4) is 0 Å². The molecule has 5 nitrogen and oxygen atoms in total. The fraction of sp³-hybridized carbons (Fsp3) is 1.00. The van der Waals surface area contributed by atoms with E-state index in [-0.39, 0.29) is 19.1 Å². The maximum atomic E-state index is 11.1. The van der Waals surface area contributed by atoms with E-state index >= 15 is 0 Å². The number of phosphoric acid groups is 1. The Morgan fingerprint density at radius 3 is 2.31 bits per heavy atom. The fourth-order valence-corrected chi connectivity index (χ4v) is 1.77. The zero-order chi connectivity index (χ0) is 10.5. The average molecular weight is 212 g/mol. The molecule has 13 heavy (non-hydrogen) atoms. The highest BCUT2D eigenvalue weighted by Crippen LogP contribution is 2.45. The zero-order valence-electron chi connectivity index (χ0n) is 8.14. The number of hydrogen-bond acceptors (Lipinski definition) is 4. The molecule has 0 aromatic carbocycles. The van der Waals surface area contributed by atoms with Crippen LogP contribution in [-0.4, -0.2) is 29.3 Å². The summed E-state index contributed by atoms with van der Waals surface area (Å²) in [5.41, 5.74) is 0. The van der Waals surface area contributed by atoms with Crippen LogP contribution in [0.25, 0.3) is 0 Å². The van der Waals surface area contributed by atoms with Crippen molar-refractivity contribution in [2.24, 2.45) is 5.92 Å². The molecule has 0 saturated carbocycles. The Morgan fingerprint density at radius 1 is 1.46 bits per heavy atom. The van der Waals surface area contributed by atoms with Gasteiger partial charge in [0.1, 0.15) is 0 Å². The maximum absolute atomic E-state index is 11.1. The van der Waals surface area contributed by atoms with E-state index in [9.17, 15) is 4.57 Å². The summed E-state index contributed by atoms with van der Waals surface area (Å²) >= 11 is 0. The molecule has 0 aliphatic rings. The summed E-state index contributed by atoms with van der Waals surface area (Å²) < 4.78 is 20.3. The summed E-state index contributed by atoms with van der Waals surface area (Å²) in [4.78, 5) is 9.06. The van der Waals surface area contributed by atoms with E-state index in [1.807, 2.05) is 0 Å². The van der Waals surface area contributed by atoms with E-state index < -0.39 is 13.9 Å². The molecular weight excluding hydrogens is 195 g/mol. The minimum Gasteiger partial charge on any atom is -0.394 e. The van der Waals surface area contributed by atoms with E-state index in [1.54, 1.807) is 20.8 Å². The first kappa shape index (κ1) is 13.1. The van der Waals surface area contributed by atoms with Crippen molar-refractivity contribution in [3.05, 3.63) is 0 Å². The predicted molar refractivity (Wildman–Crippen MR) is 48.2 cm³/mol. The molecule has 0 spiro atoms. The van der Waals surface area contributed by atoms with Gasteiger partial charge in [-0.1, -0.05) is 13.8 Å². The smallest absolute Gasteiger partial charge is 0.394 e. The molecule has 0 aromatic heterocycles. The van der Waals surface area contributed by atoms with Gasteiger partial charge in [-0.3, -0.25) is 9.05 Å². The van der Waals surface area contributed by atoms with Crippen LogP contribution in [0.4, 0.5) is 0 Å². The van der Waals surface area contributed by atoms with Crippen LogP contribution < -0.4 is 0 Å². The molecule has 0 saturated heterocycles. The Hall–Kier alpha value is 0.0700. The molecule has 0 bridgehead atoms. The molecule has 2 atom stereocenters. The van der Waals surface area contributed by atoms with Crippen LogP contribution in [0.2, 0.25) is 0 Å². The Balaban J connectivity index is 4.14. The van der Waals surface area contributed by atoms with E-state index in [0.717, 1.165) is 0 Å². The second-order valence-electron chi connectivity index (χ2n) is 2.96. The average Bonchev–Trinajstić information content (AvgIpc) is 1.99. The molecular formula is C7H17O5P. The number of rotatable bonds is 6. The lowest BCUT2D eigenvalue weighted by atomic mass is 10.1. The molecule has 0 aliphatic carbocycles. The van der Waals surface area contributed by atoms with Gasteiger partial charge in [-0.2, -0.15) is 0 Å². The molecule has 0 aliphatic heterocycles. The summed E-state index contributed by atoms with van der Waals surface area (Å²) in [5, 5.41) is 8.82. The first-order chi connectivity index (χ1) is 5.93. The summed E-state index contributed by atoms with van der Waals surface area (Å²) in [7, 11) is -3.98. The minimum absolute atomic E-state index is 0.0362. The van der Waals surface area contributed by atoms with Crippen LogP contribution >= 0.6 is 7.82 Å². The van der Waals surface area contributed by atoms with Crippen molar-refractivity contribution >= 4 is 7.82 Å². The summed E-state index contributed by atoms with van der Waals surface area (Å²) in [5.74, 6) is -0.0362. The van der Waals surface area contributed by atoms with Gasteiger partial charge in [0.2, 0.25) is 0 Å². The van der Waals surface area contributed by atoms with Gasteiger partial charge in [-0.15, -0.1) is 0 Å². The largest absolute Gasteiger partial charge is 0.472 e. The Kier molecular flexibility index (Phi) is 5.76. The normalized spacial score (nSPS) is 18.6. The summed E-state index contributed by atoms with van der Waals surface area (Å²) in [6.07, 6.45) is -0.664. The highest BCUT2D eigenvalue weighted by Gasteiger charge is 2.27. The monoisotopic (exact) mass is 212 g/mol. The number of hydrogen-bond donors (Lipinski definition) is 2. The molecule has 0 heterocycles. The van der Waals surface area contributed by atoms with Crippen LogP contribution in [-0.2, 0) is 13.6 Å². The second kappa shape index (κ2) is 5.73. The van der Waals surface area contributed by atoms with Gasteiger partial charge in [0.15, 0.2) is 0 Å². The topological polar surface area (TPSA) is 76.0 Å². The van der Waals surface area contributed by atoms with Crippen LogP contribution in [0.1, 0.15) is 20.8 Å². The Labute approximate surface area is 78.3 Å². The van der Waals surface area contributed by atoms with Crippen molar-refractivity contribution in [1.82, 2.24) is 0 Å². The Morgan fingerprint density at radius 2 is 2.00 bits per heavy atom. The van der Waals surface area contributed by atoms with Gasteiger partial charge in [-0.25, -0.2) is 4.57 Å². The van der Waals surface area contributed by atoms with Gasteiger partial charge in [-0.05, 0) is 12.8 Å². The van der Waals surface area contributed by atoms with Crippen LogP contribution in [0, 0.1) is 5.92 Å². The number of phosphoric ester groups is 1. The molecule has 6 heteroatoms. The summed E-state index contributed by atoms with van der Waals surface area (Å²) in [6.45, 7) is 4.97. The van der Waals surface area contributed by atoms with E-state index in [2.05, 4.69) is 4.52 Å². The van der Waals surface area contributed by atoms with Crippen molar-refractivity contribution in [2.45, 2.75) is 26.9 Å². The summed E-state index contributed by atoms with van der Waals surface area (Å²) in [6, 6.07) is 0. The first-order valence-electron chi connectivity index (χ1n) is 4.19. The fourth-order valence-electron chi connectivity index (χ4n) is 0.731. The second-order valence-corrected chi connectivity index (χ2v) is 4.36. The van der Waals surface area contributed by atoms with Gasteiger partial charge in [0.25, 0.3) is 0 Å². The number of aliphatic hydroxyl groups is 1. The molecule has 0 amide bonds. The van der Waals surface area contributed by atoms with Gasteiger partial charge in [0.05, 0.1) is 19.3 Å². The highest BCUT2D eigenvalue weighted by molar-refractivity contribution is 7.47. The van der Waals surface area contributed by atoms with Crippen LogP contribution in [0.15, 0.2) is 0 Å². The Bertz CT molecular complexity index is 182. The third-order valence-electron chi connectivity index (χ3n) is 1.48. The van der Waals surface area contributed by atoms with Crippen molar-refractivity contribution < 1.29 is 23.6 Å². The molecule has 0 rings (SSSR count). The first-order valence-corrected chi connectivity index (χ1v) is 5.69. The van der Waals surface area contributed by atoms with Crippen molar-refractivity contribution in [1.29, 1.82) is 0 Å². The third kappa shape index (κ3) is 5.39. The molecule has 0 aromatic rings. The zero-order valence-corrected chi connectivity index (χ0v) is 9.03. The van der Waals surface area contributed by atoms with Gasteiger partial charge in [0, 0.05) is 0 Å².